The van der Waals surface area contributed by atoms with Gasteiger partial charge in [0.15, 0.2) is 0 Å². The van der Waals surface area contributed by atoms with Crippen molar-refractivity contribution in [3.05, 3.63) is 35.1 Å². The maximum atomic E-state index is 13.7. The monoisotopic (exact) mass is 221 g/mol. The number of nitrogens with one attached hydrogen (secondary N) is 1. The molecule has 2 radical (unpaired) electrons. The maximum Gasteiger partial charge on any atom is 0.129 e. The van der Waals surface area contributed by atoms with Gasteiger partial charge in [0.05, 0.1) is 18.2 Å². The van der Waals surface area contributed by atoms with Crippen LogP contribution >= 0.6 is 0 Å². The van der Waals surface area contributed by atoms with Crippen LogP contribution in [-0.2, 0) is 10.2 Å². The second-order valence-electron chi connectivity index (χ2n) is 3.98. The Morgan fingerprint density at radius 2 is 2.44 bits per heavy atom. The molecule has 1 heterocycles. The number of fused-ring (bicyclic) bond motifs is 1. The van der Waals surface area contributed by atoms with Crippen molar-refractivity contribution in [1.29, 1.82) is 0 Å². The molecule has 0 bridgehead atoms. The van der Waals surface area contributed by atoms with Crippen molar-refractivity contribution in [3.63, 3.8) is 0 Å². The summed E-state index contributed by atoms with van der Waals surface area (Å²) < 4.78 is 19.1. The second-order valence-corrected chi connectivity index (χ2v) is 3.98. The zero-order valence-electron chi connectivity index (χ0n) is 9.03. The zero-order valence-corrected chi connectivity index (χ0v) is 9.03. The van der Waals surface area contributed by atoms with Crippen molar-refractivity contribution >= 4 is 7.85 Å². The predicted molar refractivity (Wildman–Crippen MR) is 58.7 cm³/mol. The third kappa shape index (κ3) is 1.86. The summed E-state index contributed by atoms with van der Waals surface area (Å²) in [5, 5.41) is 12.8. The van der Waals surface area contributed by atoms with E-state index in [0.29, 0.717) is 17.7 Å². The minimum absolute atomic E-state index is 0.0319. The Hall–Kier alpha value is -0.905. The molecule has 1 unspecified atom stereocenters. The van der Waals surface area contributed by atoms with Crippen LogP contribution in [0.15, 0.2) is 18.2 Å². The molecule has 1 aliphatic heterocycles. The summed E-state index contributed by atoms with van der Waals surface area (Å²) in [7, 11) is 7.42. The van der Waals surface area contributed by atoms with Gasteiger partial charge in [0.1, 0.15) is 13.7 Å². The Bertz CT molecular complexity index is 398. The highest BCUT2D eigenvalue weighted by Crippen LogP contribution is 2.35. The first kappa shape index (κ1) is 11.6. The maximum absolute atomic E-state index is 13.7. The van der Waals surface area contributed by atoms with Gasteiger partial charge in [0.2, 0.25) is 0 Å². The summed E-state index contributed by atoms with van der Waals surface area (Å²) in [5.74, 6) is -0.402. The smallest absolute Gasteiger partial charge is 0.129 e. The van der Waals surface area contributed by atoms with Crippen molar-refractivity contribution in [2.24, 2.45) is 0 Å². The number of hydrogen-bond donors (Lipinski definition) is 2. The molecule has 0 saturated heterocycles. The van der Waals surface area contributed by atoms with Crippen LogP contribution in [0.3, 0.4) is 0 Å². The van der Waals surface area contributed by atoms with Crippen molar-refractivity contribution in [1.82, 2.24) is 5.32 Å². The van der Waals surface area contributed by atoms with E-state index in [4.69, 9.17) is 12.6 Å². The SMILES string of the molecule is [B]C1(O)CO[C@@H](CNC)c2c(F)cccc21. The summed E-state index contributed by atoms with van der Waals surface area (Å²) in [6, 6.07) is 4.50. The normalized spacial score (nSPS) is 28.8. The van der Waals surface area contributed by atoms with Crippen molar-refractivity contribution in [2.75, 3.05) is 20.2 Å². The van der Waals surface area contributed by atoms with Crippen molar-refractivity contribution < 1.29 is 14.2 Å². The molecule has 0 fully saturated rings. The lowest BCUT2D eigenvalue weighted by molar-refractivity contribution is -0.0533. The van der Waals surface area contributed by atoms with E-state index in [0.717, 1.165) is 0 Å². The molecule has 5 heteroatoms. The summed E-state index contributed by atoms with van der Waals surface area (Å²) in [5.41, 5.74) is -0.867. The van der Waals surface area contributed by atoms with Gasteiger partial charge in [-0.1, -0.05) is 12.1 Å². The molecule has 0 spiro atoms. The molecule has 16 heavy (non-hydrogen) atoms. The molecule has 3 nitrogen and oxygen atoms in total. The van der Waals surface area contributed by atoms with Crippen LogP contribution in [0.1, 0.15) is 17.2 Å². The Labute approximate surface area is 95.0 Å². The van der Waals surface area contributed by atoms with Gasteiger partial charge in [-0.05, 0) is 18.7 Å². The molecule has 0 saturated carbocycles. The van der Waals surface area contributed by atoms with Crippen LogP contribution in [0.5, 0.6) is 0 Å². The lowest BCUT2D eigenvalue weighted by Crippen LogP contribution is -2.40. The Balaban J connectivity index is 2.49. The fraction of sp³-hybridized carbons (Fsp3) is 0.455. The average molecular weight is 221 g/mol. The minimum Gasteiger partial charge on any atom is -0.393 e. The van der Waals surface area contributed by atoms with E-state index in [9.17, 15) is 9.50 Å². The van der Waals surface area contributed by atoms with Crippen molar-refractivity contribution in [3.8, 4) is 0 Å². The first-order valence-electron chi connectivity index (χ1n) is 5.12. The molecule has 84 valence electrons. The van der Waals surface area contributed by atoms with E-state index in [1.807, 2.05) is 0 Å². The quantitative estimate of drug-likeness (QED) is 0.711. The highest BCUT2D eigenvalue weighted by Gasteiger charge is 2.36. The van der Waals surface area contributed by atoms with E-state index in [2.05, 4.69) is 5.32 Å². The van der Waals surface area contributed by atoms with Crippen LogP contribution in [-0.4, -0.2) is 33.2 Å². The molecule has 0 aliphatic carbocycles. The molecule has 1 aromatic carbocycles. The molecule has 2 rings (SSSR count). The van der Waals surface area contributed by atoms with Gasteiger partial charge in [0, 0.05) is 12.1 Å². The van der Waals surface area contributed by atoms with Gasteiger partial charge < -0.3 is 15.2 Å². The summed E-state index contributed by atoms with van der Waals surface area (Å²) in [6.45, 7) is 0.444. The van der Waals surface area contributed by atoms with Gasteiger partial charge in [-0.25, -0.2) is 4.39 Å². The molecular formula is C11H13BFNO2. The van der Waals surface area contributed by atoms with Crippen LogP contribution < -0.4 is 5.32 Å². The molecule has 2 atom stereocenters. The largest absolute Gasteiger partial charge is 0.393 e. The predicted octanol–water partition coefficient (Wildman–Crippen LogP) is 0.430. The first-order valence-corrected chi connectivity index (χ1v) is 5.12. The van der Waals surface area contributed by atoms with Gasteiger partial charge in [-0.2, -0.15) is 0 Å². The fourth-order valence-corrected chi connectivity index (χ4v) is 1.98. The topological polar surface area (TPSA) is 41.5 Å². The molecule has 1 aliphatic rings. The zero-order chi connectivity index (χ0) is 11.8. The summed E-state index contributed by atoms with van der Waals surface area (Å²) in [6.07, 6.45) is -0.412. The van der Waals surface area contributed by atoms with E-state index >= 15 is 0 Å². The Kier molecular flexibility index (Phi) is 3.01. The number of benzene rings is 1. The third-order valence-corrected chi connectivity index (χ3v) is 2.74. The first-order chi connectivity index (χ1) is 7.56. The highest BCUT2D eigenvalue weighted by atomic mass is 19.1. The van der Waals surface area contributed by atoms with Gasteiger partial charge in [0.25, 0.3) is 0 Å². The lowest BCUT2D eigenvalue weighted by Gasteiger charge is -2.36. The molecular weight excluding hydrogens is 208 g/mol. The number of rotatable bonds is 2. The van der Waals surface area contributed by atoms with E-state index in [1.165, 1.54) is 12.1 Å². The highest BCUT2D eigenvalue weighted by molar-refractivity contribution is 6.15. The summed E-state index contributed by atoms with van der Waals surface area (Å²) >= 11 is 0. The second kappa shape index (κ2) is 4.16. The van der Waals surface area contributed by atoms with E-state index in [-0.39, 0.29) is 6.61 Å². The standard InChI is InChI=1S/C11H13BFNO2/c1-14-5-9-10-7(3-2-4-8(10)13)11(12,15)6-16-9/h2-4,9,14-15H,5-6H2,1H3/t9-,11?/m0/s1. The van der Waals surface area contributed by atoms with Gasteiger partial charge in [-0.15, -0.1) is 0 Å². The Morgan fingerprint density at radius 3 is 3.12 bits per heavy atom. The van der Waals surface area contributed by atoms with E-state index in [1.54, 1.807) is 13.1 Å². The van der Waals surface area contributed by atoms with Crippen LogP contribution in [0.25, 0.3) is 0 Å². The Morgan fingerprint density at radius 1 is 1.69 bits per heavy atom. The number of likely N-dealkylation sites (N-methyl/N-ethyl adjacent to an activating group) is 1. The van der Waals surface area contributed by atoms with Crippen molar-refractivity contribution in [2.45, 2.75) is 11.6 Å². The van der Waals surface area contributed by atoms with Crippen LogP contribution in [0, 0.1) is 5.82 Å². The molecule has 2 N–H and O–H groups in total. The van der Waals surface area contributed by atoms with Crippen LogP contribution in [0.2, 0.25) is 0 Å². The fourth-order valence-electron chi connectivity index (χ4n) is 1.98. The third-order valence-electron chi connectivity index (χ3n) is 2.74. The van der Waals surface area contributed by atoms with Gasteiger partial charge >= 0.3 is 0 Å². The molecule has 1 aromatic rings. The van der Waals surface area contributed by atoms with Gasteiger partial charge in [-0.3, -0.25) is 0 Å². The average Bonchev–Trinajstić information content (AvgIpc) is 2.23. The van der Waals surface area contributed by atoms with E-state index < -0.39 is 17.4 Å². The minimum atomic E-state index is -1.61. The lowest BCUT2D eigenvalue weighted by atomic mass is 9.72. The number of hydrogen-bond acceptors (Lipinski definition) is 3. The number of halogens is 1. The molecule has 0 amide bonds. The van der Waals surface area contributed by atoms with Crippen LogP contribution in [0.4, 0.5) is 4.39 Å². The molecule has 0 aromatic heterocycles. The number of aliphatic hydroxyl groups is 1. The number of ether oxygens (including phenoxy) is 1. The summed E-state index contributed by atoms with van der Waals surface area (Å²) in [4.78, 5) is 0.